The molecule has 0 aliphatic rings. The molecule has 0 aromatic carbocycles. The van der Waals surface area contributed by atoms with Crippen molar-refractivity contribution in [2.75, 3.05) is 11.9 Å². The van der Waals surface area contributed by atoms with Crippen LogP contribution in [0.15, 0.2) is 12.1 Å². The number of aromatic nitrogens is 1. The largest absolute Gasteiger partial charge is 0.477 e. The standard InChI is InChI=1S/C11H15N3O4/c1-11(2,3)6-12-9-8(14(17)18)5-4-7(13-9)10(15)16/h4-5H,6H2,1-3H3,(H,12,13)(H,15,16). The first-order valence-electron chi connectivity index (χ1n) is 5.33. The summed E-state index contributed by atoms with van der Waals surface area (Å²) in [5.74, 6) is -1.24. The van der Waals surface area contributed by atoms with Gasteiger partial charge < -0.3 is 10.4 Å². The fourth-order valence-electron chi connectivity index (χ4n) is 1.20. The van der Waals surface area contributed by atoms with Crippen LogP contribution in [0.4, 0.5) is 11.5 Å². The number of nitrogens with one attached hydrogen (secondary N) is 1. The summed E-state index contributed by atoms with van der Waals surface area (Å²) in [5.41, 5.74) is -0.560. The van der Waals surface area contributed by atoms with Crippen molar-refractivity contribution >= 4 is 17.5 Å². The molecule has 0 saturated carbocycles. The minimum atomic E-state index is -1.22. The highest BCUT2D eigenvalue weighted by molar-refractivity contribution is 5.86. The second-order valence-electron chi connectivity index (χ2n) is 5.04. The monoisotopic (exact) mass is 253 g/mol. The van der Waals surface area contributed by atoms with Gasteiger partial charge in [0.15, 0.2) is 5.69 Å². The Morgan fingerprint density at radius 3 is 2.56 bits per heavy atom. The van der Waals surface area contributed by atoms with Crippen molar-refractivity contribution in [3.63, 3.8) is 0 Å². The summed E-state index contributed by atoms with van der Waals surface area (Å²) < 4.78 is 0. The third-order valence-electron chi connectivity index (χ3n) is 2.08. The number of carboxylic acids is 1. The fourth-order valence-corrected chi connectivity index (χ4v) is 1.20. The first-order valence-corrected chi connectivity index (χ1v) is 5.33. The zero-order valence-electron chi connectivity index (χ0n) is 10.4. The van der Waals surface area contributed by atoms with E-state index in [1.807, 2.05) is 20.8 Å². The van der Waals surface area contributed by atoms with E-state index in [0.29, 0.717) is 6.54 Å². The number of carboxylic acid groups (broad SMARTS) is 1. The van der Waals surface area contributed by atoms with Gasteiger partial charge in [-0.2, -0.15) is 0 Å². The van der Waals surface area contributed by atoms with Crippen molar-refractivity contribution in [3.05, 3.63) is 27.9 Å². The number of pyridine rings is 1. The summed E-state index contributed by atoms with van der Waals surface area (Å²) in [6.45, 7) is 6.30. The third kappa shape index (κ3) is 3.69. The molecule has 0 radical (unpaired) electrons. The predicted octanol–water partition coefficient (Wildman–Crippen LogP) is 2.15. The van der Waals surface area contributed by atoms with E-state index in [1.165, 1.54) is 0 Å². The van der Waals surface area contributed by atoms with Crippen LogP contribution in [-0.4, -0.2) is 27.5 Å². The molecule has 0 aliphatic carbocycles. The fraction of sp³-hybridized carbons (Fsp3) is 0.455. The van der Waals surface area contributed by atoms with Gasteiger partial charge in [0.25, 0.3) is 0 Å². The summed E-state index contributed by atoms with van der Waals surface area (Å²) in [6, 6.07) is 2.25. The number of nitrogens with zero attached hydrogens (tertiary/aromatic N) is 2. The summed E-state index contributed by atoms with van der Waals surface area (Å²) in [7, 11) is 0. The first kappa shape index (κ1) is 13.9. The summed E-state index contributed by atoms with van der Waals surface area (Å²) in [6.07, 6.45) is 0. The van der Waals surface area contributed by atoms with Crippen LogP contribution in [0.1, 0.15) is 31.3 Å². The number of rotatable bonds is 4. The Bertz CT molecular complexity index is 480. The molecule has 18 heavy (non-hydrogen) atoms. The lowest BCUT2D eigenvalue weighted by Gasteiger charge is -2.19. The zero-order chi connectivity index (χ0) is 13.9. The normalized spacial score (nSPS) is 11.1. The van der Waals surface area contributed by atoms with E-state index in [1.54, 1.807) is 0 Å². The molecule has 98 valence electrons. The van der Waals surface area contributed by atoms with E-state index < -0.39 is 10.9 Å². The average molecular weight is 253 g/mol. The van der Waals surface area contributed by atoms with E-state index >= 15 is 0 Å². The lowest BCUT2D eigenvalue weighted by Crippen LogP contribution is -2.20. The first-order chi connectivity index (χ1) is 8.20. The molecule has 0 atom stereocenters. The second-order valence-corrected chi connectivity index (χ2v) is 5.04. The van der Waals surface area contributed by atoms with Crippen molar-refractivity contribution in [2.45, 2.75) is 20.8 Å². The van der Waals surface area contributed by atoms with Gasteiger partial charge in [-0.15, -0.1) is 0 Å². The van der Waals surface area contributed by atoms with Gasteiger partial charge in [0.2, 0.25) is 5.82 Å². The highest BCUT2D eigenvalue weighted by Crippen LogP contribution is 2.24. The molecular weight excluding hydrogens is 238 g/mol. The maximum absolute atomic E-state index is 10.8. The molecular formula is C11H15N3O4. The molecule has 7 heteroatoms. The van der Waals surface area contributed by atoms with Crippen LogP contribution in [0.5, 0.6) is 0 Å². The topological polar surface area (TPSA) is 105 Å². The smallest absolute Gasteiger partial charge is 0.354 e. The molecule has 0 bridgehead atoms. The Kier molecular flexibility index (Phi) is 3.85. The predicted molar refractivity (Wildman–Crippen MR) is 65.8 cm³/mol. The van der Waals surface area contributed by atoms with Crippen molar-refractivity contribution in [1.82, 2.24) is 4.98 Å². The Labute approximate surface area is 104 Å². The SMILES string of the molecule is CC(C)(C)CNc1nc(C(=O)O)ccc1[N+](=O)[O-]. The molecule has 1 aromatic rings. The van der Waals surface area contributed by atoms with E-state index in [2.05, 4.69) is 10.3 Å². The van der Waals surface area contributed by atoms with E-state index in [0.717, 1.165) is 12.1 Å². The number of aromatic carboxylic acids is 1. The summed E-state index contributed by atoms with van der Waals surface area (Å²) in [5, 5.41) is 22.4. The van der Waals surface area contributed by atoms with Crippen LogP contribution in [0, 0.1) is 15.5 Å². The number of carbonyl (C=O) groups is 1. The number of nitro groups is 1. The van der Waals surface area contributed by atoms with E-state index in [-0.39, 0.29) is 22.6 Å². The van der Waals surface area contributed by atoms with Crippen LogP contribution in [0.25, 0.3) is 0 Å². The zero-order valence-corrected chi connectivity index (χ0v) is 10.4. The quantitative estimate of drug-likeness (QED) is 0.629. The molecule has 1 rings (SSSR count). The summed E-state index contributed by atoms with van der Waals surface area (Å²) >= 11 is 0. The van der Waals surface area contributed by atoms with Crippen molar-refractivity contribution in [3.8, 4) is 0 Å². The van der Waals surface area contributed by atoms with Gasteiger partial charge in [0.05, 0.1) is 4.92 Å². The van der Waals surface area contributed by atoms with Crippen LogP contribution in [0.3, 0.4) is 0 Å². The number of anilines is 1. The van der Waals surface area contributed by atoms with E-state index in [9.17, 15) is 14.9 Å². The lowest BCUT2D eigenvalue weighted by molar-refractivity contribution is -0.384. The average Bonchev–Trinajstić information content (AvgIpc) is 2.24. The molecule has 1 heterocycles. The Hall–Kier alpha value is -2.18. The lowest BCUT2D eigenvalue weighted by atomic mass is 9.97. The Morgan fingerprint density at radius 2 is 2.11 bits per heavy atom. The van der Waals surface area contributed by atoms with Gasteiger partial charge in [-0.3, -0.25) is 10.1 Å². The van der Waals surface area contributed by atoms with Gasteiger partial charge in [-0.1, -0.05) is 20.8 Å². The number of hydrogen-bond donors (Lipinski definition) is 2. The minimum Gasteiger partial charge on any atom is -0.477 e. The maximum Gasteiger partial charge on any atom is 0.354 e. The molecule has 0 fully saturated rings. The maximum atomic E-state index is 10.8. The van der Waals surface area contributed by atoms with E-state index in [4.69, 9.17) is 5.11 Å². The van der Waals surface area contributed by atoms with Gasteiger partial charge in [-0.05, 0) is 11.5 Å². The molecule has 0 unspecified atom stereocenters. The van der Waals surface area contributed by atoms with Gasteiger partial charge in [-0.25, -0.2) is 9.78 Å². The Morgan fingerprint density at radius 1 is 1.50 bits per heavy atom. The number of hydrogen-bond acceptors (Lipinski definition) is 5. The second kappa shape index (κ2) is 4.99. The molecule has 1 aromatic heterocycles. The minimum absolute atomic E-state index is 0.0187. The molecule has 0 aliphatic heterocycles. The molecule has 0 amide bonds. The van der Waals surface area contributed by atoms with Crippen LogP contribution >= 0.6 is 0 Å². The Balaban J connectivity index is 3.08. The van der Waals surface area contributed by atoms with Crippen LogP contribution in [-0.2, 0) is 0 Å². The third-order valence-corrected chi connectivity index (χ3v) is 2.08. The van der Waals surface area contributed by atoms with Gasteiger partial charge >= 0.3 is 11.7 Å². The molecule has 0 spiro atoms. The van der Waals surface area contributed by atoms with Crippen molar-refractivity contribution in [2.24, 2.45) is 5.41 Å². The summed E-state index contributed by atoms with van der Waals surface area (Å²) in [4.78, 5) is 24.7. The molecule has 7 nitrogen and oxygen atoms in total. The van der Waals surface area contributed by atoms with Crippen LogP contribution < -0.4 is 5.32 Å². The van der Waals surface area contributed by atoms with Crippen molar-refractivity contribution < 1.29 is 14.8 Å². The highest BCUT2D eigenvalue weighted by Gasteiger charge is 2.20. The van der Waals surface area contributed by atoms with Gasteiger partial charge in [0.1, 0.15) is 0 Å². The molecule has 2 N–H and O–H groups in total. The molecule has 0 saturated heterocycles. The van der Waals surface area contributed by atoms with Crippen molar-refractivity contribution in [1.29, 1.82) is 0 Å². The van der Waals surface area contributed by atoms with Gasteiger partial charge in [0, 0.05) is 12.6 Å². The van der Waals surface area contributed by atoms with Crippen LogP contribution in [0.2, 0.25) is 0 Å². The highest BCUT2D eigenvalue weighted by atomic mass is 16.6.